The molecule has 2 atom stereocenters. The molecule has 0 radical (unpaired) electrons. The standard InChI is InChI=1S/C20H23ClN2O2/c1-14-11-18(9-10-22-14)23-20(24)16-3-2-4-19(12-16)25-13-15-5-7-17(21)8-6-15/h2-8,12,14,18,22H,9-11,13H2,1H3,(H,23,24). The zero-order valence-electron chi connectivity index (χ0n) is 14.3. The number of nitrogens with one attached hydrogen (secondary N) is 2. The van der Waals surface area contributed by atoms with E-state index < -0.39 is 0 Å². The summed E-state index contributed by atoms with van der Waals surface area (Å²) >= 11 is 5.88. The molecule has 2 unspecified atom stereocenters. The Kier molecular flexibility index (Phi) is 5.95. The maximum absolute atomic E-state index is 12.5. The van der Waals surface area contributed by atoms with E-state index in [-0.39, 0.29) is 11.9 Å². The van der Waals surface area contributed by atoms with Crippen LogP contribution in [0.1, 0.15) is 35.7 Å². The van der Waals surface area contributed by atoms with Crippen molar-refractivity contribution in [3.63, 3.8) is 0 Å². The molecule has 0 aliphatic carbocycles. The van der Waals surface area contributed by atoms with Gasteiger partial charge in [-0.05, 0) is 62.2 Å². The Balaban J connectivity index is 1.58. The number of benzene rings is 2. The molecule has 0 aromatic heterocycles. The van der Waals surface area contributed by atoms with Crippen molar-refractivity contribution >= 4 is 17.5 Å². The molecular formula is C20H23ClN2O2. The summed E-state index contributed by atoms with van der Waals surface area (Å²) in [6.45, 7) is 3.52. The monoisotopic (exact) mass is 358 g/mol. The maximum Gasteiger partial charge on any atom is 0.251 e. The fourth-order valence-electron chi connectivity index (χ4n) is 3.01. The third-order valence-corrected chi connectivity index (χ3v) is 4.63. The lowest BCUT2D eigenvalue weighted by atomic mass is 10.0. The Morgan fingerprint density at radius 3 is 2.84 bits per heavy atom. The zero-order chi connectivity index (χ0) is 17.6. The number of ether oxygens (including phenoxy) is 1. The molecule has 132 valence electrons. The first-order chi connectivity index (χ1) is 12.1. The van der Waals surface area contributed by atoms with Gasteiger partial charge in [0.25, 0.3) is 5.91 Å². The Labute approximate surface area is 153 Å². The van der Waals surface area contributed by atoms with Crippen molar-refractivity contribution in [1.82, 2.24) is 10.6 Å². The minimum atomic E-state index is -0.0453. The van der Waals surface area contributed by atoms with Crippen molar-refractivity contribution in [2.45, 2.75) is 38.5 Å². The van der Waals surface area contributed by atoms with Crippen LogP contribution in [0.25, 0.3) is 0 Å². The molecule has 0 bridgehead atoms. The highest BCUT2D eigenvalue weighted by molar-refractivity contribution is 6.30. The van der Waals surface area contributed by atoms with Gasteiger partial charge in [0, 0.05) is 22.7 Å². The van der Waals surface area contributed by atoms with Gasteiger partial charge in [0.1, 0.15) is 12.4 Å². The van der Waals surface area contributed by atoms with Crippen molar-refractivity contribution in [2.75, 3.05) is 6.54 Å². The molecule has 2 aromatic carbocycles. The molecule has 1 heterocycles. The summed E-state index contributed by atoms with van der Waals surface area (Å²) in [5, 5.41) is 7.22. The van der Waals surface area contributed by atoms with Crippen LogP contribution >= 0.6 is 11.6 Å². The smallest absolute Gasteiger partial charge is 0.251 e. The number of rotatable bonds is 5. The van der Waals surface area contributed by atoms with Gasteiger partial charge >= 0.3 is 0 Å². The predicted molar refractivity (Wildman–Crippen MR) is 100 cm³/mol. The highest BCUT2D eigenvalue weighted by Gasteiger charge is 2.20. The lowest BCUT2D eigenvalue weighted by Gasteiger charge is -2.28. The molecule has 1 aliphatic heterocycles. The third-order valence-electron chi connectivity index (χ3n) is 4.37. The first-order valence-corrected chi connectivity index (χ1v) is 8.99. The predicted octanol–water partition coefficient (Wildman–Crippen LogP) is 3.79. The van der Waals surface area contributed by atoms with E-state index in [4.69, 9.17) is 16.3 Å². The number of piperidine rings is 1. The third kappa shape index (κ3) is 5.21. The summed E-state index contributed by atoms with van der Waals surface area (Å²) in [6, 6.07) is 15.5. The summed E-state index contributed by atoms with van der Waals surface area (Å²) in [7, 11) is 0. The highest BCUT2D eigenvalue weighted by Crippen LogP contribution is 2.17. The van der Waals surface area contributed by atoms with Gasteiger partial charge in [-0.2, -0.15) is 0 Å². The Bertz CT molecular complexity index is 718. The van der Waals surface area contributed by atoms with Gasteiger partial charge in [-0.25, -0.2) is 0 Å². The Morgan fingerprint density at radius 1 is 1.28 bits per heavy atom. The minimum absolute atomic E-state index is 0.0453. The van der Waals surface area contributed by atoms with Crippen LogP contribution in [0, 0.1) is 0 Å². The number of hydrogen-bond acceptors (Lipinski definition) is 3. The highest BCUT2D eigenvalue weighted by atomic mass is 35.5. The van der Waals surface area contributed by atoms with E-state index in [0.717, 1.165) is 24.9 Å². The number of hydrogen-bond donors (Lipinski definition) is 2. The van der Waals surface area contributed by atoms with Crippen molar-refractivity contribution in [3.05, 3.63) is 64.7 Å². The normalized spacial score (nSPS) is 20.1. The van der Waals surface area contributed by atoms with Crippen molar-refractivity contribution in [1.29, 1.82) is 0 Å². The van der Waals surface area contributed by atoms with Crippen LogP contribution in [-0.4, -0.2) is 24.5 Å². The second-order valence-electron chi connectivity index (χ2n) is 6.49. The Morgan fingerprint density at radius 2 is 2.08 bits per heavy atom. The first-order valence-electron chi connectivity index (χ1n) is 8.62. The van der Waals surface area contributed by atoms with E-state index >= 15 is 0 Å². The molecule has 2 aromatic rings. The SMILES string of the molecule is CC1CC(NC(=O)c2cccc(OCc3ccc(Cl)cc3)c2)CCN1. The fraction of sp³-hybridized carbons (Fsp3) is 0.350. The molecule has 1 fully saturated rings. The number of carbonyl (C=O) groups excluding carboxylic acids is 1. The number of halogens is 1. The van der Waals surface area contributed by atoms with Crippen LogP contribution in [0.3, 0.4) is 0 Å². The average molecular weight is 359 g/mol. The summed E-state index contributed by atoms with van der Waals surface area (Å²) in [4.78, 5) is 12.5. The van der Waals surface area contributed by atoms with Gasteiger partial charge < -0.3 is 15.4 Å². The van der Waals surface area contributed by atoms with Crippen molar-refractivity contribution in [3.8, 4) is 5.75 Å². The molecule has 25 heavy (non-hydrogen) atoms. The van der Waals surface area contributed by atoms with Crippen LogP contribution < -0.4 is 15.4 Å². The maximum atomic E-state index is 12.5. The average Bonchev–Trinajstić information content (AvgIpc) is 2.61. The van der Waals surface area contributed by atoms with Gasteiger partial charge in [-0.3, -0.25) is 4.79 Å². The van der Waals surface area contributed by atoms with Crippen molar-refractivity contribution < 1.29 is 9.53 Å². The van der Waals surface area contributed by atoms with E-state index in [1.807, 2.05) is 42.5 Å². The second-order valence-corrected chi connectivity index (χ2v) is 6.93. The molecule has 2 N–H and O–H groups in total. The largest absolute Gasteiger partial charge is 0.489 e. The van der Waals surface area contributed by atoms with Crippen LogP contribution in [0.15, 0.2) is 48.5 Å². The van der Waals surface area contributed by atoms with Gasteiger partial charge in [-0.15, -0.1) is 0 Å². The second kappa shape index (κ2) is 8.37. The topological polar surface area (TPSA) is 50.4 Å². The summed E-state index contributed by atoms with van der Waals surface area (Å²) in [5.41, 5.74) is 1.66. The first kappa shape index (κ1) is 17.8. The van der Waals surface area contributed by atoms with Gasteiger partial charge in [-0.1, -0.05) is 29.8 Å². The number of amides is 1. The van der Waals surface area contributed by atoms with Gasteiger partial charge in [0.2, 0.25) is 0 Å². The lowest BCUT2D eigenvalue weighted by molar-refractivity contribution is 0.0925. The van der Waals surface area contributed by atoms with E-state index in [0.29, 0.717) is 29.0 Å². The lowest BCUT2D eigenvalue weighted by Crippen LogP contribution is -2.46. The van der Waals surface area contributed by atoms with Crippen molar-refractivity contribution in [2.24, 2.45) is 0 Å². The molecule has 0 saturated carbocycles. The van der Waals surface area contributed by atoms with Crippen LogP contribution in [-0.2, 0) is 6.61 Å². The molecule has 0 spiro atoms. The van der Waals surface area contributed by atoms with E-state index in [2.05, 4.69) is 17.6 Å². The van der Waals surface area contributed by atoms with Crippen LogP contribution in [0.5, 0.6) is 5.75 Å². The van der Waals surface area contributed by atoms with Gasteiger partial charge in [0.05, 0.1) is 0 Å². The van der Waals surface area contributed by atoms with E-state index in [1.165, 1.54) is 0 Å². The Hall–Kier alpha value is -2.04. The molecule has 1 saturated heterocycles. The van der Waals surface area contributed by atoms with Gasteiger partial charge in [0.15, 0.2) is 0 Å². The molecule has 1 amide bonds. The molecule has 1 aliphatic rings. The molecule has 5 heteroatoms. The summed E-state index contributed by atoms with van der Waals surface area (Å²) in [5.74, 6) is 0.636. The molecule has 4 nitrogen and oxygen atoms in total. The summed E-state index contributed by atoms with van der Waals surface area (Å²) < 4.78 is 5.80. The van der Waals surface area contributed by atoms with Crippen LogP contribution in [0.2, 0.25) is 5.02 Å². The quantitative estimate of drug-likeness (QED) is 0.855. The molecular weight excluding hydrogens is 336 g/mol. The minimum Gasteiger partial charge on any atom is -0.489 e. The van der Waals surface area contributed by atoms with E-state index in [9.17, 15) is 4.79 Å². The van der Waals surface area contributed by atoms with E-state index in [1.54, 1.807) is 6.07 Å². The van der Waals surface area contributed by atoms with Crippen LogP contribution in [0.4, 0.5) is 0 Å². The summed E-state index contributed by atoms with van der Waals surface area (Å²) in [6.07, 6.45) is 1.92. The number of carbonyl (C=O) groups is 1. The fourth-order valence-corrected chi connectivity index (χ4v) is 3.13. The zero-order valence-corrected chi connectivity index (χ0v) is 15.1. The molecule has 3 rings (SSSR count).